The Kier molecular flexibility index (Phi) is 11.0. The maximum atomic E-state index is 7.26. The second kappa shape index (κ2) is 18.6. The lowest BCUT2D eigenvalue weighted by Crippen LogP contribution is -2.60. The van der Waals surface area contributed by atoms with E-state index in [-0.39, 0.29) is 23.0 Å². The second-order valence-electron chi connectivity index (χ2n) is 27.1. The highest BCUT2D eigenvalue weighted by Crippen LogP contribution is 2.63. The van der Waals surface area contributed by atoms with Crippen molar-refractivity contribution in [2.45, 2.75) is 79.9 Å². The predicted octanol–water partition coefficient (Wildman–Crippen LogP) is 20.1. The van der Waals surface area contributed by atoms with Crippen LogP contribution in [0.15, 0.2) is 259 Å². The maximum Gasteiger partial charge on any atom is 0.249 e. The van der Waals surface area contributed by atoms with Crippen LogP contribution >= 0.6 is 11.8 Å². The van der Waals surface area contributed by atoms with E-state index in [2.05, 4.69) is 302 Å². The van der Waals surface area contributed by atoms with Crippen molar-refractivity contribution in [1.29, 1.82) is 0 Å². The summed E-state index contributed by atoms with van der Waals surface area (Å²) >= 11 is 1.87. The molecule has 0 atom stereocenters. The molecule has 6 aliphatic rings. The van der Waals surface area contributed by atoms with Gasteiger partial charge in [0.25, 0.3) is 0 Å². The van der Waals surface area contributed by atoms with Crippen molar-refractivity contribution in [1.82, 2.24) is 0 Å². The fraction of sp³-hybridized carbons (Fsp3) is 0.133. The van der Waals surface area contributed by atoms with E-state index >= 15 is 0 Å². The minimum Gasteiger partial charge on any atom is -0.457 e. The Bertz CT molecular complexity index is 4930. The molecule has 18 rings (SSSR count). The van der Waals surface area contributed by atoms with Gasteiger partial charge < -0.3 is 19.1 Å². The van der Waals surface area contributed by atoms with Crippen LogP contribution in [-0.2, 0) is 21.7 Å². The summed E-state index contributed by atoms with van der Waals surface area (Å²) in [6.07, 6.45) is 0. The van der Waals surface area contributed by atoms with Crippen LogP contribution < -0.4 is 35.5 Å². The van der Waals surface area contributed by atoms with Gasteiger partial charge in [0.15, 0.2) is 0 Å². The van der Waals surface area contributed by atoms with Gasteiger partial charge >= 0.3 is 0 Å². The minimum atomic E-state index is -0.638. The van der Waals surface area contributed by atoms with Crippen molar-refractivity contribution in [3.63, 3.8) is 0 Å². The largest absolute Gasteiger partial charge is 0.457 e. The minimum absolute atomic E-state index is 0.173. The van der Waals surface area contributed by atoms with Crippen molar-refractivity contribution in [3.8, 4) is 79.0 Å². The van der Waals surface area contributed by atoms with Gasteiger partial charge in [-0.25, -0.2) is 0 Å². The molecule has 0 radical (unpaired) electrons. The highest BCUT2D eigenvalue weighted by molar-refractivity contribution is 8.00. The maximum absolute atomic E-state index is 7.26. The van der Waals surface area contributed by atoms with Crippen LogP contribution in [-0.4, -0.2) is 6.71 Å². The second-order valence-corrected chi connectivity index (χ2v) is 28.2. The third-order valence-corrected chi connectivity index (χ3v) is 21.6. The van der Waals surface area contributed by atoms with E-state index in [9.17, 15) is 0 Å². The molecule has 0 aromatic heterocycles. The number of ether oxygens (including phenoxy) is 3. The van der Waals surface area contributed by atoms with Gasteiger partial charge in [-0.05, 0) is 127 Å². The van der Waals surface area contributed by atoms with Crippen LogP contribution in [0, 0.1) is 0 Å². The summed E-state index contributed by atoms with van der Waals surface area (Å²) in [6.45, 7) is 16.3. The molecule has 0 saturated heterocycles. The van der Waals surface area contributed by atoms with E-state index in [4.69, 9.17) is 14.2 Å². The molecule has 5 heterocycles. The van der Waals surface area contributed by atoms with Crippen LogP contribution in [0.1, 0.15) is 98.5 Å². The number of benzene rings is 12. The van der Waals surface area contributed by atoms with E-state index in [1.54, 1.807) is 0 Å². The van der Waals surface area contributed by atoms with Gasteiger partial charge in [-0.15, -0.1) is 0 Å². The molecule has 89 heavy (non-hydrogen) atoms. The van der Waals surface area contributed by atoms with Crippen LogP contribution in [0.5, 0.6) is 34.5 Å². The number of para-hydroxylation sites is 3. The van der Waals surface area contributed by atoms with Gasteiger partial charge in [0.1, 0.15) is 34.5 Å². The third-order valence-electron chi connectivity index (χ3n) is 20.4. The van der Waals surface area contributed by atoms with E-state index in [0.717, 1.165) is 96.1 Å². The van der Waals surface area contributed by atoms with Gasteiger partial charge in [0, 0.05) is 82.6 Å². The molecular formula is C83H62BNO3S. The number of hydrogen-bond donors (Lipinski definition) is 0. The first-order valence-electron chi connectivity index (χ1n) is 31.2. The number of fused-ring (bicyclic) bond motifs is 17. The molecule has 0 N–H and O–H groups in total. The van der Waals surface area contributed by atoms with Gasteiger partial charge in [-0.1, -0.05) is 248 Å². The molecule has 426 valence electrons. The van der Waals surface area contributed by atoms with Crippen molar-refractivity contribution < 1.29 is 14.2 Å². The monoisotopic (exact) mass is 1160 g/mol. The van der Waals surface area contributed by atoms with Gasteiger partial charge in [0.2, 0.25) is 6.71 Å². The predicted molar refractivity (Wildman–Crippen MR) is 366 cm³/mol. The van der Waals surface area contributed by atoms with Crippen LogP contribution in [0.25, 0.3) is 44.5 Å². The number of nitrogens with zero attached hydrogens (tertiary/aromatic N) is 1. The topological polar surface area (TPSA) is 30.9 Å². The molecule has 6 heteroatoms. The first-order valence-corrected chi connectivity index (χ1v) is 32.1. The van der Waals surface area contributed by atoms with Crippen LogP contribution in [0.2, 0.25) is 0 Å². The van der Waals surface area contributed by atoms with Gasteiger partial charge in [-0.3, -0.25) is 0 Å². The first-order chi connectivity index (χ1) is 43.2. The molecule has 4 nitrogen and oxygen atoms in total. The average molecular weight is 1160 g/mol. The summed E-state index contributed by atoms with van der Waals surface area (Å²) in [5.74, 6) is 5.31. The Morgan fingerprint density at radius 3 is 1.42 bits per heavy atom. The standard InChI is InChI=1S/C83H62BNO3S/c1-80(2,3)53-43-56(49-24-10-8-11-25-49)79(57(44-53)50-26-12-9-13-27-50)85-68-47-74-63(81(4,5)60-32-18-21-35-70(60)87-74)45-66(68)84-67-46-64-75(88-71-36-22-19-33-61(71)82(64,6)7)48-76(67)89-77-42-52(41-69(85)78(77)84)51-38-39-73-65(40-51)83(62-34-20-23-37-72(62)86-73)58-30-16-14-28-54(58)55-29-15-17-31-59(55)83/h8-48H,1-7H3. The van der Waals surface area contributed by atoms with Crippen molar-refractivity contribution in [2.75, 3.05) is 4.90 Å². The Labute approximate surface area is 525 Å². The lowest BCUT2D eigenvalue weighted by molar-refractivity contribution is 0.417. The zero-order chi connectivity index (χ0) is 59.9. The molecule has 5 aliphatic heterocycles. The summed E-state index contributed by atoms with van der Waals surface area (Å²) in [5, 5.41) is 0. The van der Waals surface area contributed by atoms with Crippen molar-refractivity contribution in [3.05, 3.63) is 299 Å². The smallest absolute Gasteiger partial charge is 0.249 e. The lowest BCUT2D eigenvalue weighted by atomic mass is 9.34. The lowest BCUT2D eigenvalue weighted by Gasteiger charge is -2.44. The van der Waals surface area contributed by atoms with Crippen LogP contribution in [0.3, 0.4) is 0 Å². The SMILES string of the molecule is CC(C)(C)c1cc(-c2ccccc2)c(N2c3cc4c(cc3B3c5cc6c(cc5Sc5cc(-c7ccc8c(c7)C7(c9ccccc9O8)c8ccccc8-c8ccccc87)cc2c53)Oc2ccccc2C6(C)C)C(C)(C)c2ccccc2O4)c(-c2ccccc2)c1. The number of hydrogen-bond acceptors (Lipinski definition) is 5. The Morgan fingerprint density at radius 2 is 0.831 bits per heavy atom. The zero-order valence-corrected chi connectivity index (χ0v) is 51.6. The number of rotatable bonds is 4. The van der Waals surface area contributed by atoms with E-state index in [1.165, 1.54) is 76.3 Å². The van der Waals surface area contributed by atoms with E-state index in [0.29, 0.717) is 0 Å². The summed E-state index contributed by atoms with van der Waals surface area (Å²) < 4.78 is 21.3. The fourth-order valence-electron chi connectivity index (χ4n) is 16.0. The highest BCUT2D eigenvalue weighted by atomic mass is 32.2. The normalized spacial score (nSPS) is 15.6. The third kappa shape index (κ3) is 7.38. The number of anilines is 3. The van der Waals surface area contributed by atoms with E-state index in [1.807, 2.05) is 11.8 Å². The van der Waals surface area contributed by atoms with Gasteiger partial charge in [0.05, 0.1) is 11.1 Å². The Morgan fingerprint density at radius 1 is 0.348 bits per heavy atom. The Balaban J connectivity index is 0.964. The summed E-state index contributed by atoms with van der Waals surface area (Å²) in [4.78, 5) is 5.05. The summed E-state index contributed by atoms with van der Waals surface area (Å²) in [7, 11) is 0. The molecule has 12 aromatic carbocycles. The summed E-state index contributed by atoms with van der Waals surface area (Å²) in [5.41, 5.74) is 25.7. The van der Waals surface area contributed by atoms with Crippen LogP contribution in [0.4, 0.5) is 17.1 Å². The fourth-order valence-corrected chi connectivity index (χ4v) is 17.3. The first kappa shape index (κ1) is 52.4. The molecular weight excluding hydrogens is 1100 g/mol. The molecule has 0 saturated carbocycles. The molecule has 12 aromatic rings. The van der Waals surface area contributed by atoms with E-state index < -0.39 is 5.41 Å². The van der Waals surface area contributed by atoms with Gasteiger partial charge in [-0.2, -0.15) is 0 Å². The highest BCUT2D eigenvalue weighted by Gasteiger charge is 2.52. The van der Waals surface area contributed by atoms with Crippen molar-refractivity contribution >= 4 is 51.9 Å². The molecule has 0 fully saturated rings. The quantitative estimate of drug-likeness (QED) is 0.164. The summed E-state index contributed by atoms with van der Waals surface area (Å²) in [6, 6.07) is 92.7. The zero-order valence-electron chi connectivity index (χ0n) is 50.8. The molecule has 0 unspecified atom stereocenters. The molecule has 1 aliphatic carbocycles. The molecule has 1 spiro atoms. The van der Waals surface area contributed by atoms with Crippen molar-refractivity contribution in [2.24, 2.45) is 0 Å². The average Bonchev–Trinajstić information content (AvgIpc) is 1.71. The molecule has 0 bridgehead atoms. The molecule has 0 amide bonds. The Hall–Kier alpha value is -9.75.